The number of benzene rings is 1. The van der Waals surface area contributed by atoms with Crippen LogP contribution in [0.4, 0.5) is 0 Å². The van der Waals surface area contributed by atoms with Crippen LogP contribution in [0.2, 0.25) is 0 Å². The van der Waals surface area contributed by atoms with Gasteiger partial charge in [0.1, 0.15) is 0 Å². The molecule has 0 radical (unpaired) electrons. The van der Waals surface area contributed by atoms with Gasteiger partial charge in [0.2, 0.25) is 0 Å². The second-order valence-electron chi connectivity index (χ2n) is 4.80. The van der Waals surface area contributed by atoms with Crippen LogP contribution >= 0.6 is 0 Å². The van der Waals surface area contributed by atoms with Gasteiger partial charge in [-0.15, -0.1) is 0 Å². The molecule has 0 bridgehead atoms. The van der Waals surface area contributed by atoms with Gasteiger partial charge >= 0.3 is 0 Å². The molecule has 1 aliphatic rings. The molecule has 2 rings (SSSR count). The molecule has 1 aromatic carbocycles. The Kier molecular flexibility index (Phi) is 4.53. The number of amides is 1. The van der Waals surface area contributed by atoms with Crippen LogP contribution in [0.3, 0.4) is 0 Å². The summed E-state index contributed by atoms with van der Waals surface area (Å²) in [5, 5.41) is 0. The minimum Gasteiger partial charge on any atom is -0.267 e. The van der Waals surface area contributed by atoms with E-state index >= 15 is 0 Å². The topological polar surface area (TPSA) is 41.8 Å². The maximum Gasteiger partial charge on any atom is 0.278 e. The molecular formula is C15H20N2OS. The third-order valence-electron chi connectivity index (χ3n) is 2.97. The van der Waals surface area contributed by atoms with Crippen molar-refractivity contribution < 1.29 is 4.79 Å². The summed E-state index contributed by atoms with van der Waals surface area (Å²) in [5.74, 6) is 1.58. The van der Waals surface area contributed by atoms with E-state index in [4.69, 9.17) is 4.36 Å². The van der Waals surface area contributed by atoms with Crippen molar-refractivity contribution in [3.8, 4) is 0 Å². The summed E-state index contributed by atoms with van der Waals surface area (Å²) >= 11 is 0. The van der Waals surface area contributed by atoms with Crippen LogP contribution in [0.15, 0.2) is 50.8 Å². The van der Waals surface area contributed by atoms with E-state index in [1.165, 1.54) is 11.6 Å². The molecule has 1 unspecified atom stereocenters. The van der Waals surface area contributed by atoms with E-state index in [0.717, 1.165) is 30.0 Å². The van der Waals surface area contributed by atoms with E-state index in [2.05, 4.69) is 23.4 Å². The molecule has 0 spiro atoms. The first kappa shape index (κ1) is 14.0. The van der Waals surface area contributed by atoms with Crippen molar-refractivity contribution in [3.63, 3.8) is 0 Å². The number of carbonyl (C=O) groups excluding carboxylic acids is 1. The third-order valence-corrected chi connectivity index (χ3v) is 5.86. The summed E-state index contributed by atoms with van der Waals surface area (Å²) < 4.78 is 9.15. The molecule has 0 saturated heterocycles. The normalized spacial score (nSPS) is 22.4. The summed E-state index contributed by atoms with van der Waals surface area (Å²) in [6.45, 7) is 4.05. The second kappa shape index (κ2) is 6.15. The van der Waals surface area contributed by atoms with Gasteiger partial charge in [-0.05, 0) is 28.5 Å². The van der Waals surface area contributed by atoms with Gasteiger partial charge in [-0.3, -0.25) is 4.79 Å². The SMILES string of the molecule is CCCCS1(Cc2ccccc2)=NC(=O)C=C(C)N=1. The fraction of sp³-hybridized carbons (Fsp3) is 0.400. The van der Waals surface area contributed by atoms with Gasteiger partial charge in [0, 0.05) is 17.6 Å². The summed E-state index contributed by atoms with van der Waals surface area (Å²) in [6.07, 6.45) is 3.70. The number of hydrogen-bond donors (Lipinski definition) is 0. The van der Waals surface area contributed by atoms with Gasteiger partial charge in [-0.2, -0.15) is 4.36 Å². The average Bonchev–Trinajstić information content (AvgIpc) is 2.36. The van der Waals surface area contributed by atoms with Crippen molar-refractivity contribution in [1.29, 1.82) is 0 Å². The van der Waals surface area contributed by atoms with E-state index < -0.39 is 9.62 Å². The first-order chi connectivity index (χ1) is 9.13. The largest absolute Gasteiger partial charge is 0.278 e. The van der Waals surface area contributed by atoms with E-state index in [1.807, 2.05) is 25.1 Å². The standard InChI is InChI=1S/C15H20N2OS/c1-3-4-10-19(12-14-8-6-5-7-9-14)16-13(2)11-15(18)17-19/h5-9,11H,3-4,10,12H2,1-2H3. The van der Waals surface area contributed by atoms with E-state index in [-0.39, 0.29) is 5.91 Å². The first-order valence-electron chi connectivity index (χ1n) is 6.64. The van der Waals surface area contributed by atoms with E-state index in [9.17, 15) is 4.79 Å². The molecule has 1 heterocycles. The Balaban J connectivity index is 2.40. The molecule has 0 N–H and O–H groups in total. The smallest absolute Gasteiger partial charge is 0.267 e. The minimum absolute atomic E-state index is 0.116. The Hall–Kier alpha value is -1.42. The summed E-state index contributed by atoms with van der Waals surface area (Å²) in [5.41, 5.74) is 2.03. The van der Waals surface area contributed by atoms with E-state index in [1.54, 1.807) is 0 Å². The highest BCUT2D eigenvalue weighted by Crippen LogP contribution is 2.20. The molecule has 4 heteroatoms. The number of rotatable bonds is 5. The van der Waals surface area contributed by atoms with Crippen molar-refractivity contribution in [2.24, 2.45) is 8.73 Å². The quantitative estimate of drug-likeness (QED) is 0.802. The van der Waals surface area contributed by atoms with Crippen LogP contribution in [-0.4, -0.2) is 11.7 Å². The highest BCUT2D eigenvalue weighted by molar-refractivity contribution is 7.95. The van der Waals surface area contributed by atoms with Gasteiger partial charge in [0.05, 0.1) is 5.70 Å². The van der Waals surface area contributed by atoms with Crippen LogP contribution in [0.25, 0.3) is 0 Å². The van der Waals surface area contributed by atoms with Crippen molar-refractivity contribution >= 4 is 15.5 Å². The Labute approximate surface area is 115 Å². The monoisotopic (exact) mass is 276 g/mol. The molecule has 102 valence electrons. The Morgan fingerprint density at radius 3 is 2.53 bits per heavy atom. The maximum atomic E-state index is 11.8. The molecule has 19 heavy (non-hydrogen) atoms. The predicted molar refractivity (Wildman–Crippen MR) is 80.9 cm³/mol. The zero-order chi connectivity index (χ0) is 13.7. The Morgan fingerprint density at radius 1 is 1.16 bits per heavy atom. The number of unbranched alkanes of at least 4 members (excludes halogenated alkanes) is 1. The molecule has 0 aliphatic carbocycles. The average molecular weight is 276 g/mol. The van der Waals surface area contributed by atoms with Crippen molar-refractivity contribution in [2.45, 2.75) is 32.4 Å². The van der Waals surface area contributed by atoms with Crippen molar-refractivity contribution in [3.05, 3.63) is 47.7 Å². The highest BCUT2D eigenvalue weighted by atomic mass is 32.2. The van der Waals surface area contributed by atoms with Crippen LogP contribution in [0.5, 0.6) is 0 Å². The maximum absolute atomic E-state index is 11.8. The van der Waals surface area contributed by atoms with Gasteiger partial charge in [-0.1, -0.05) is 43.7 Å². The molecule has 0 aromatic heterocycles. The van der Waals surface area contributed by atoms with Gasteiger partial charge in [0.25, 0.3) is 5.91 Å². The van der Waals surface area contributed by atoms with Crippen LogP contribution < -0.4 is 0 Å². The molecule has 0 fully saturated rings. The molecule has 1 atom stereocenters. The lowest BCUT2D eigenvalue weighted by Crippen LogP contribution is -2.14. The minimum atomic E-state index is -1.58. The lowest BCUT2D eigenvalue weighted by molar-refractivity contribution is -0.113. The van der Waals surface area contributed by atoms with Crippen molar-refractivity contribution in [1.82, 2.24) is 0 Å². The van der Waals surface area contributed by atoms with Crippen molar-refractivity contribution in [2.75, 3.05) is 5.75 Å². The lowest BCUT2D eigenvalue weighted by atomic mass is 10.2. The predicted octanol–water partition coefficient (Wildman–Crippen LogP) is 3.95. The summed E-state index contributed by atoms with van der Waals surface area (Å²) in [6, 6.07) is 10.2. The summed E-state index contributed by atoms with van der Waals surface area (Å²) in [4.78, 5) is 11.8. The first-order valence-corrected chi connectivity index (χ1v) is 8.53. The lowest BCUT2D eigenvalue weighted by Gasteiger charge is -2.18. The zero-order valence-corrected chi connectivity index (χ0v) is 12.3. The number of allylic oxidation sites excluding steroid dienone is 1. The van der Waals surface area contributed by atoms with Gasteiger partial charge in [-0.25, -0.2) is 4.36 Å². The van der Waals surface area contributed by atoms with Crippen LogP contribution in [-0.2, 0) is 20.2 Å². The molecule has 0 saturated carbocycles. The highest BCUT2D eigenvalue weighted by Gasteiger charge is 2.15. The van der Waals surface area contributed by atoms with Crippen LogP contribution in [0.1, 0.15) is 32.3 Å². The second-order valence-corrected chi connectivity index (χ2v) is 7.46. The van der Waals surface area contributed by atoms with E-state index in [0.29, 0.717) is 0 Å². The molecule has 1 aliphatic heterocycles. The fourth-order valence-electron chi connectivity index (χ4n) is 2.13. The molecular weight excluding hydrogens is 256 g/mol. The number of carbonyl (C=O) groups is 1. The number of hydrogen-bond acceptors (Lipinski definition) is 2. The number of nitrogens with zero attached hydrogens (tertiary/aromatic N) is 2. The fourth-order valence-corrected chi connectivity index (χ4v) is 5.08. The zero-order valence-electron chi connectivity index (χ0n) is 11.5. The van der Waals surface area contributed by atoms with Gasteiger partial charge < -0.3 is 0 Å². The molecule has 1 aromatic rings. The molecule has 1 amide bonds. The van der Waals surface area contributed by atoms with Gasteiger partial charge in [0.15, 0.2) is 0 Å². The molecule has 3 nitrogen and oxygen atoms in total. The third kappa shape index (κ3) is 3.77. The summed E-state index contributed by atoms with van der Waals surface area (Å²) in [7, 11) is -1.58. The Morgan fingerprint density at radius 2 is 1.89 bits per heavy atom. The Bertz CT molecular complexity index is 608. The van der Waals surface area contributed by atoms with Crippen LogP contribution in [0, 0.1) is 0 Å².